The monoisotopic (exact) mass is 357 g/mol. The first-order chi connectivity index (χ1) is 12.5. The highest BCUT2D eigenvalue weighted by Gasteiger charge is 2.09. The molecule has 0 unspecified atom stereocenters. The second-order valence-corrected chi connectivity index (χ2v) is 5.49. The third-order valence-electron chi connectivity index (χ3n) is 3.57. The molecule has 0 atom stereocenters. The number of benzene rings is 2. The van der Waals surface area contributed by atoms with Crippen molar-refractivity contribution in [2.24, 2.45) is 0 Å². The van der Waals surface area contributed by atoms with E-state index >= 15 is 0 Å². The van der Waals surface area contributed by atoms with E-state index in [0.717, 1.165) is 17.7 Å². The van der Waals surface area contributed by atoms with Gasteiger partial charge in [0.2, 0.25) is 0 Å². The number of hydrogen-bond acceptors (Lipinski definition) is 3. The van der Waals surface area contributed by atoms with Gasteiger partial charge in [0.1, 0.15) is 23.1 Å². The van der Waals surface area contributed by atoms with Crippen LogP contribution in [0.4, 0.5) is 24.5 Å². The predicted octanol–water partition coefficient (Wildman–Crippen LogP) is 4.17. The van der Waals surface area contributed by atoms with E-state index in [-0.39, 0.29) is 23.7 Å². The highest BCUT2D eigenvalue weighted by atomic mass is 19.1. The lowest BCUT2D eigenvalue weighted by Crippen LogP contribution is -2.23. The fraction of sp³-hybridized carbons (Fsp3) is 0.0526. The Balaban J connectivity index is 1.68. The van der Waals surface area contributed by atoms with Crippen LogP contribution in [0.25, 0.3) is 0 Å². The summed E-state index contributed by atoms with van der Waals surface area (Å²) in [4.78, 5) is 16.2. The molecule has 132 valence electrons. The summed E-state index contributed by atoms with van der Waals surface area (Å²) >= 11 is 0. The van der Waals surface area contributed by atoms with E-state index in [0.29, 0.717) is 5.69 Å². The Bertz CT molecular complexity index is 930. The van der Waals surface area contributed by atoms with Crippen molar-refractivity contribution >= 4 is 17.3 Å². The predicted molar refractivity (Wildman–Crippen MR) is 91.4 cm³/mol. The van der Waals surface area contributed by atoms with Crippen molar-refractivity contribution in [1.82, 2.24) is 10.3 Å². The van der Waals surface area contributed by atoms with Gasteiger partial charge in [0.25, 0.3) is 5.91 Å². The van der Waals surface area contributed by atoms with Gasteiger partial charge in [-0.25, -0.2) is 13.2 Å². The molecule has 0 saturated carbocycles. The van der Waals surface area contributed by atoms with Gasteiger partial charge < -0.3 is 10.6 Å². The molecule has 2 N–H and O–H groups in total. The van der Waals surface area contributed by atoms with E-state index in [2.05, 4.69) is 15.6 Å². The molecule has 0 aliphatic carbocycles. The molecule has 0 bridgehead atoms. The summed E-state index contributed by atoms with van der Waals surface area (Å²) in [6, 6.07) is 11.9. The van der Waals surface area contributed by atoms with E-state index in [4.69, 9.17) is 0 Å². The van der Waals surface area contributed by atoms with Crippen LogP contribution < -0.4 is 10.6 Å². The van der Waals surface area contributed by atoms with Gasteiger partial charge >= 0.3 is 0 Å². The second-order valence-electron chi connectivity index (χ2n) is 5.49. The summed E-state index contributed by atoms with van der Waals surface area (Å²) in [7, 11) is 0. The molecular formula is C19H14F3N3O. The molecule has 0 radical (unpaired) electrons. The van der Waals surface area contributed by atoms with Crippen LogP contribution >= 0.6 is 0 Å². The lowest BCUT2D eigenvalue weighted by Gasteiger charge is -2.09. The van der Waals surface area contributed by atoms with Gasteiger partial charge in [-0.15, -0.1) is 0 Å². The van der Waals surface area contributed by atoms with Gasteiger partial charge in [0.15, 0.2) is 0 Å². The minimum atomic E-state index is -0.746. The zero-order valence-electron chi connectivity index (χ0n) is 13.5. The van der Waals surface area contributed by atoms with Crippen molar-refractivity contribution in [2.45, 2.75) is 6.54 Å². The molecule has 1 amide bonds. The number of nitrogens with one attached hydrogen (secondary N) is 2. The van der Waals surface area contributed by atoms with Crippen LogP contribution in [0.15, 0.2) is 60.8 Å². The topological polar surface area (TPSA) is 54.0 Å². The number of anilines is 2. The van der Waals surface area contributed by atoms with Crippen LogP contribution in [-0.2, 0) is 6.54 Å². The summed E-state index contributed by atoms with van der Waals surface area (Å²) in [5.74, 6) is -2.21. The maximum Gasteiger partial charge on any atom is 0.270 e. The molecule has 0 aliphatic rings. The molecule has 0 aliphatic heterocycles. The number of carbonyl (C=O) groups excluding carboxylic acids is 1. The van der Waals surface area contributed by atoms with Crippen LogP contribution in [0, 0.1) is 17.5 Å². The number of pyridine rings is 1. The Morgan fingerprint density at radius 1 is 0.923 bits per heavy atom. The van der Waals surface area contributed by atoms with Crippen molar-refractivity contribution in [3.8, 4) is 0 Å². The molecule has 2 aromatic carbocycles. The molecular weight excluding hydrogens is 343 g/mol. The first kappa shape index (κ1) is 17.5. The second kappa shape index (κ2) is 7.69. The van der Waals surface area contributed by atoms with E-state index in [1.54, 1.807) is 18.2 Å². The Kier molecular flexibility index (Phi) is 5.17. The van der Waals surface area contributed by atoms with Crippen LogP contribution in [-0.4, -0.2) is 10.9 Å². The molecule has 1 heterocycles. The first-order valence-electron chi connectivity index (χ1n) is 7.72. The Morgan fingerprint density at radius 3 is 2.38 bits per heavy atom. The van der Waals surface area contributed by atoms with Crippen LogP contribution in [0.3, 0.4) is 0 Å². The Labute approximate surface area is 147 Å². The van der Waals surface area contributed by atoms with Gasteiger partial charge in [-0.3, -0.25) is 9.78 Å². The van der Waals surface area contributed by atoms with Gasteiger partial charge in [-0.1, -0.05) is 12.1 Å². The molecule has 7 heteroatoms. The summed E-state index contributed by atoms with van der Waals surface area (Å²) < 4.78 is 39.5. The normalized spacial score (nSPS) is 10.4. The van der Waals surface area contributed by atoms with Gasteiger partial charge in [-0.2, -0.15) is 0 Å². The highest BCUT2D eigenvalue weighted by Crippen LogP contribution is 2.20. The van der Waals surface area contributed by atoms with E-state index < -0.39 is 17.5 Å². The van der Waals surface area contributed by atoms with E-state index in [9.17, 15) is 18.0 Å². The minimum Gasteiger partial charge on any atom is -0.353 e. The highest BCUT2D eigenvalue weighted by molar-refractivity contribution is 5.93. The van der Waals surface area contributed by atoms with Crippen LogP contribution in [0.2, 0.25) is 0 Å². The first-order valence-corrected chi connectivity index (χ1v) is 7.72. The third kappa shape index (κ3) is 4.38. The van der Waals surface area contributed by atoms with Crippen LogP contribution in [0.5, 0.6) is 0 Å². The third-order valence-corrected chi connectivity index (χ3v) is 3.57. The molecule has 0 fully saturated rings. The molecule has 3 aromatic rings. The number of aromatic nitrogens is 1. The number of carbonyl (C=O) groups is 1. The van der Waals surface area contributed by atoms with Crippen molar-refractivity contribution in [1.29, 1.82) is 0 Å². The standard InChI is InChI=1S/C19H14F3N3O/c20-13-3-1-12(2-4-13)11-24-19(26)18-10-15(7-8-23-18)25-17-6-5-14(21)9-16(17)22/h1-10H,11H2,(H,23,25)(H,24,26). The summed E-state index contributed by atoms with van der Waals surface area (Å²) in [6.07, 6.45) is 1.40. The maximum absolute atomic E-state index is 13.7. The molecule has 26 heavy (non-hydrogen) atoms. The van der Waals surface area contributed by atoms with E-state index in [1.807, 2.05) is 0 Å². The van der Waals surface area contributed by atoms with Gasteiger partial charge in [0, 0.05) is 24.5 Å². The zero-order valence-corrected chi connectivity index (χ0v) is 13.5. The fourth-order valence-corrected chi connectivity index (χ4v) is 2.25. The summed E-state index contributed by atoms with van der Waals surface area (Å²) in [5, 5.41) is 5.44. The lowest BCUT2D eigenvalue weighted by molar-refractivity contribution is 0.0946. The molecule has 0 spiro atoms. The van der Waals surface area contributed by atoms with Gasteiger partial charge in [0.05, 0.1) is 5.69 Å². The lowest BCUT2D eigenvalue weighted by atomic mass is 10.2. The largest absolute Gasteiger partial charge is 0.353 e. The fourth-order valence-electron chi connectivity index (χ4n) is 2.25. The van der Waals surface area contributed by atoms with Crippen molar-refractivity contribution in [2.75, 3.05) is 5.32 Å². The number of halogens is 3. The average Bonchev–Trinajstić information content (AvgIpc) is 2.63. The summed E-state index contributed by atoms with van der Waals surface area (Å²) in [6.45, 7) is 0.213. The summed E-state index contributed by atoms with van der Waals surface area (Å²) in [5.41, 5.74) is 1.37. The van der Waals surface area contributed by atoms with E-state index in [1.165, 1.54) is 30.5 Å². The molecule has 3 rings (SSSR count). The molecule has 0 saturated heterocycles. The van der Waals surface area contributed by atoms with Crippen molar-refractivity contribution in [3.63, 3.8) is 0 Å². The Morgan fingerprint density at radius 2 is 1.65 bits per heavy atom. The van der Waals surface area contributed by atoms with Crippen LogP contribution in [0.1, 0.15) is 16.1 Å². The molecule has 4 nitrogen and oxygen atoms in total. The molecule has 1 aromatic heterocycles. The number of hydrogen-bond donors (Lipinski definition) is 2. The van der Waals surface area contributed by atoms with Crippen molar-refractivity contribution in [3.05, 3.63) is 89.5 Å². The smallest absolute Gasteiger partial charge is 0.270 e. The number of amides is 1. The zero-order chi connectivity index (χ0) is 18.5. The average molecular weight is 357 g/mol. The number of rotatable bonds is 5. The SMILES string of the molecule is O=C(NCc1ccc(F)cc1)c1cc(Nc2ccc(F)cc2F)ccn1. The maximum atomic E-state index is 13.7. The number of nitrogens with zero attached hydrogens (tertiary/aromatic N) is 1. The van der Waals surface area contributed by atoms with Crippen molar-refractivity contribution < 1.29 is 18.0 Å². The quantitative estimate of drug-likeness (QED) is 0.721. The Hall–Kier alpha value is -3.35. The van der Waals surface area contributed by atoms with Gasteiger partial charge in [-0.05, 0) is 42.0 Å². The minimum absolute atomic E-state index is 0.0790.